The molecule has 4 rings (SSSR count). The van der Waals surface area contributed by atoms with Crippen molar-refractivity contribution in [2.75, 3.05) is 13.2 Å². The van der Waals surface area contributed by atoms with E-state index in [0.29, 0.717) is 12.4 Å². The Balaban J connectivity index is 2.01. The van der Waals surface area contributed by atoms with Crippen molar-refractivity contribution in [2.24, 2.45) is 5.73 Å². The van der Waals surface area contributed by atoms with E-state index in [1.807, 2.05) is 0 Å². The Hall–Kier alpha value is -1.42. The van der Waals surface area contributed by atoms with E-state index >= 15 is 0 Å². The van der Waals surface area contributed by atoms with E-state index in [-0.39, 0.29) is 11.3 Å². The van der Waals surface area contributed by atoms with Crippen molar-refractivity contribution >= 4 is 0 Å². The molecule has 0 atom stereocenters. The zero-order valence-corrected chi connectivity index (χ0v) is 11.0. The Bertz CT molecular complexity index is 512. The van der Waals surface area contributed by atoms with E-state index in [1.54, 1.807) is 0 Å². The first-order chi connectivity index (χ1) is 9.21. The van der Waals surface area contributed by atoms with Gasteiger partial charge in [0.15, 0.2) is 11.5 Å². The van der Waals surface area contributed by atoms with E-state index in [9.17, 15) is 5.11 Å². The van der Waals surface area contributed by atoms with Crippen LogP contribution in [0.3, 0.4) is 0 Å². The van der Waals surface area contributed by atoms with E-state index < -0.39 is 0 Å². The number of aromatic hydroxyl groups is 1. The lowest BCUT2D eigenvalue weighted by molar-refractivity contribution is 0.251. The Labute approximate surface area is 112 Å². The van der Waals surface area contributed by atoms with Crippen LogP contribution in [0, 0.1) is 0 Å². The van der Waals surface area contributed by atoms with Crippen LogP contribution in [0.25, 0.3) is 0 Å². The number of hydrogen-bond acceptors (Lipinski definition) is 4. The molecule has 4 nitrogen and oxygen atoms in total. The quantitative estimate of drug-likeness (QED) is 0.811. The van der Waals surface area contributed by atoms with Crippen LogP contribution in [-0.2, 0) is 18.4 Å². The Morgan fingerprint density at radius 1 is 0.947 bits per heavy atom. The van der Waals surface area contributed by atoms with Crippen molar-refractivity contribution in [2.45, 2.75) is 44.1 Å². The molecule has 3 N–H and O–H groups in total. The molecular weight excluding hydrogens is 242 g/mol. The second-order valence-electron chi connectivity index (χ2n) is 5.90. The lowest BCUT2D eigenvalue weighted by Crippen LogP contribution is -2.26. The van der Waals surface area contributed by atoms with Crippen LogP contribution in [-0.4, -0.2) is 18.3 Å². The Morgan fingerprint density at radius 2 is 1.58 bits per heavy atom. The summed E-state index contributed by atoms with van der Waals surface area (Å²) in [5.74, 6) is 1.81. The zero-order valence-electron chi connectivity index (χ0n) is 11.0. The molecule has 2 heterocycles. The van der Waals surface area contributed by atoms with Gasteiger partial charge in [-0.2, -0.15) is 0 Å². The molecule has 0 bridgehead atoms. The maximum Gasteiger partial charge on any atom is 0.165 e. The molecule has 2 aliphatic heterocycles. The van der Waals surface area contributed by atoms with Crippen LogP contribution in [0.5, 0.6) is 17.2 Å². The molecule has 1 aromatic rings. The first-order valence-corrected chi connectivity index (χ1v) is 7.16. The minimum absolute atomic E-state index is 0.250. The van der Waals surface area contributed by atoms with E-state index in [2.05, 4.69) is 0 Å². The summed E-state index contributed by atoms with van der Waals surface area (Å²) in [5, 5.41) is 10.4. The van der Waals surface area contributed by atoms with Crippen molar-refractivity contribution in [3.8, 4) is 17.2 Å². The van der Waals surface area contributed by atoms with Gasteiger partial charge in [0.25, 0.3) is 0 Å². The van der Waals surface area contributed by atoms with Crippen molar-refractivity contribution < 1.29 is 14.6 Å². The fourth-order valence-corrected chi connectivity index (χ4v) is 3.33. The maximum atomic E-state index is 10.4. The van der Waals surface area contributed by atoms with Crippen LogP contribution in [0.15, 0.2) is 0 Å². The summed E-state index contributed by atoms with van der Waals surface area (Å²) in [4.78, 5) is 0. The third-order valence-corrected chi connectivity index (χ3v) is 4.50. The van der Waals surface area contributed by atoms with Gasteiger partial charge in [0.2, 0.25) is 0 Å². The molecule has 1 saturated carbocycles. The SMILES string of the molecule is NC1(c2c3c(c(O)c4c2OCCC4)OCCC3)CC1. The van der Waals surface area contributed by atoms with Crippen LogP contribution in [0.4, 0.5) is 0 Å². The summed E-state index contributed by atoms with van der Waals surface area (Å²) < 4.78 is 11.6. The van der Waals surface area contributed by atoms with Gasteiger partial charge in [0.1, 0.15) is 5.75 Å². The molecule has 0 unspecified atom stereocenters. The minimum Gasteiger partial charge on any atom is -0.504 e. The van der Waals surface area contributed by atoms with Crippen LogP contribution >= 0.6 is 0 Å². The zero-order chi connectivity index (χ0) is 13.0. The molecule has 0 saturated heterocycles. The number of rotatable bonds is 1. The van der Waals surface area contributed by atoms with Gasteiger partial charge in [-0.3, -0.25) is 0 Å². The average molecular weight is 261 g/mol. The number of nitrogens with two attached hydrogens (primary N) is 1. The topological polar surface area (TPSA) is 64.7 Å². The molecule has 19 heavy (non-hydrogen) atoms. The summed E-state index contributed by atoms with van der Waals surface area (Å²) in [6.45, 7) is 1.40. The van der Waals surface area contributed by atoms with Gasteiger partial charge in [-0.05, 0) is 38.5 Å². The van der Waals surface area contributed by atoms with E-state index in [1.165, 1.54) is 0 Å². The van der Waals surface area contributed by atoms with Gasteiger partial charge in [-0.25, -0.2) is 0 Å². The molecule has 0 amide bonds. The fraction of sp³-hybridized carbons (Fsp3) is 0.600. The van der Waals surface area contributed by atoms with Gasteiger partial charge in [-0.15, -0.1) is 0 Å². The van der Waals surface area contributed by atoms with Crippen molar-refractivity contribution in [3.05, 3.63) is 16.7 Å². The summed E-state index contributed by atoms with van der Waals surface area (Å²) >= 11 is 0. The molecule has 4 heteroatoms. The second kappa shape index (κ2) is 3.79. The number of hydrogen-bond donors (Lipinski definition) is 2. The molecule has 0 spiro atoms. The van der Waals surface area contributed by atoms with E-state index in [0.717, 1.165) is 67.6 Å². The standard InChI is InChI=1S/C15H19NO3/c16-15(5-6-15)11-9-3-1-8-19-14(9)12(17)10-4-2-7-18-13(10)11/h17H,1-8,16H2. The summed E-state index contributed by atoms with van der Waals surface area (Å²) in [7, 11) is 0. The average Bonchev–Trinajstić information content (AvgIpc) is 3.18. The van der Waals surface area contributed by atoms with Crippen LogP contribution in [0.2, 0.25) is 0 Å². The number of benzene rings is 1. The highest BCUT2D eigenvalue weighted by atomic mass is 16.5. The predicted molar refractivity (Wildman–Crippen MR) is 70.8 cm³/mol. The number of ether oxygens (including phenoxy) is 2. The van der Waals surface area contributed by atoms with Gasteiger partial charge < -0.3 is 20.3 Å². The Morgan fingerprint density at radius 3 is 2.26 bits per heavy atom. The monoisotopic (exact) mass is 261 g/mol. The number of phenols is 1. The molecule has 1 aliphatic carbocycles. The first kappa shape index (κ1) is 11.4. The smallest absolute Gasteiger partial charge is 0.165 e. The highest BCUT2D eigenvalue weighted by Gasteiger charge is 2.47. The van der Waals surface area contributed by atoms with Gasteiger partial charge >= 0.3 is 0 Å². The lowest BCUT2D eigenvalue weighted by Gasteiger charge is -2.31. The lowest BCUT2D eigenvalue weighted by atomic mass is 9.87. The maximum absolute atomic E-state index is 10.4. The van der Waals surface area contributed by atoms with Gasteiger partial charge in [0.05, 0.1) is 13.2 Å². The second-order valence-corrected chi connectivity index (χ2v) is 5.90. The largest absolute Gasteiger partial charge is 0.504 e. The third kappa shape index (κ3) is 1.56. The molecule has 1 fully saturated rings. The summed E-state index contributed by atoms with van der Waals surface area (Å²) in [6, 6.07) is 0. The van der Waals surface area contributed by atoms with E-state index in [4.69, 9.17) is 15.2 Å². The normalized spacial score (nSPS) is 22.8. The van der Waals surface area contributed by atoms with Crippen molar-refractivity contribution in [1.29, 1.82) is 0 Å². The van der Waals surface area contributed by atoms with Crippen molar-refractivity contribution in [3.63, 3.8) is 0 Å². The Kier molecular flexibility index (Phi) is 2.28. The van der Waals surface area contributed by atoms with Crippen LogP contribution < -0.4 is 15.2 Å². The van der Waals surface area contributed by atoms with Crippen molar-refractivity contribution in [1.82, 2.24) is 0 Å². The van der Waals surface area contributed by atoms with Gasteiger partial charge in [0, 0.05) is 22.2 Å². The molecule has 0 radical (unpaired) electrons. The third-order valence-electron chi connectivity index (χ3n) is 4.50. The molecule has 102 valence electrons. The molecule has 3 aliphatic rings. The van der Waals surface area contributed by atoms with Gasteiger partial charge in [-0.1, -0.05) is 0 Å². The molecular formula is C15H19NO3. The first-order valence-electron chi connectivity index (χ1n) is 7.16. The molecule has 0 aromatic heterocycles. The van der Waals surface area contributed by atoms with Crippen LogP contribution in [0.1, 0.15) is 42.4 Å². The highest BCUT2D eigenvalue weighted by Crippen LogP contribution is 2.56. The number of fused-ring (bicyclic) bond motifs is 2. The number of phenolic OH excluding ortho intramolecular Hbond substituents is 1. The minimum atomic E-state index is -0.250. The highest BCUT2D eigenvalue weighted by molar-refractivity contribution is 5.66. The predicted octanol–water partition coefficient (Wildman–Crippen LogP) is 1.99. The molecule has 1 aromatic carbocycles. The summed E-state index contributed by atoms with van der Waals surface area (Å²) in [5.41, 5.74) is 9.31. The summed E-state index contributed by atoms with van der Waals surface area (Å²) in [6.07, 6.45) is 5.69. The fourth-order valence-electron chi connectivity index (χ4n) is 3.33.